The molecule has 178 valence electrons. The van der Waals surface area contributed by atoms with Crippen LogP contribution in [-0.4, -0.2) is 10.9 Å². The minimum absolute atomic E-state index is 0.0931. The van der Waals surface area contributed by atoms with Crippen LogP contribution in [-0.2, 0) is 17.4 Å². The SMILES string of the molecule is CC1(C)CCC(C)(C)c2cc(NC(=O)c3cccc(OCc4cncc5ccccc45)c3)ccc21. The van der Waals surface area contributed by atoms with E-state index in [0.717, 1.165) is 28.4 Å². The van der Waals surface area contributed by atoms with Crippen LogP contribution in [0.4, 0.5) is 5.69 Å². The van der Waals surface area contributed by atoms with Gasteiger partial charge < -0.3 is 10.1 Å². The summed E-state index contributed by atoms with van der Waals surface area (Å²) in [5.74, 6) is 0.508. The fraction of sp³-hybridized carbons (Fsp3) is 0.290. The fourth-order valence-electron chi connectivity index (χ4n) is 5.05. The normalized spacial score (nSPS) is 15.9. The molecule has 0 unspecified atom stereocenters. The van der Waals surface area contributed by atoms with Crippen molar-refractivity contribution in [3.05, 3.63) is 101 Å². The summed E-state index contributed by atoms with van der Waals surface area (Å²) < 4.78 is 6.05. The van der Waals surface area contributed by atoms with Crippen molar-refractivity contribution >= 4 is 22.4 Å². The van der Waals surface area contributed by atoms with Gasteiger partial charge >= 0.3 is 0 Å². The highest BCUT2D eigenvalue weighted by molar-refractivity contribution is 6.04. The Morgan fingerprint density at radius 1 is 0.886 bits per heavy atom. The number of aromatic nitrogens is 1. The van der Waals surface area contributed by atoms with Gasteiger partial charge in [-0.25, -0.2) is 0 Å². The monoisotopic (exact) mass is 464 g/mol. The van der Waals surface area contributed by atoms with E-state index in [1.54, 1.807) is 6.07 Å². The van der Waals surface area contributed by atoms with Crippen LogP contribution in [0.3, 0.4) is 0 Å². The number of nitrogens with one attached hydrogen (secondary N) is 1. The smallest absolute Gasteiger partial charge is 0.255 e. The van der Waals surface area contributed by atoms with E-state index in [2.05, 4.69) is 56.2 Å². The van der Waals surface area contributed by atoms with Gasteiger partial charge in [-0.2, -0.15) is 0 Å². The zero-order valence-electron chi connectivity index (χ0n) is 20.9. The molecule has 0 radical (unpaired) electrons. The van der Waals surface area contributed by atoms with E-state index in [9.17, 15) is 4.79 Å². The van der Waals surface area contributed by atoms with Gasteiger partial charge in [-0.1, -0.05) is 64.1 Å². The Morgan fingerprint density at radius 2 is 1.66 bits per heavy atom. The molecule has 1 heterocycles. The molecular weight excluding hydrogens is 432 g/mol. The van der Waals surface area contributed by atoms with Crippen molar-refractivity contribution in [3.63, 3.8) is 0 Å². The number of pyridine rings is 1. The van der Waals surface area contributed by atoms with Crippen LogP contribution in [0.15, 0.2) is 79.1 Å². The number of carbonyl (C=O) groups excluding carboxylic acids is 1. The molecule has 1 aromatic heterocycles. The number of ether oxygens (including phenoxy) is 1. The third kappa shape index (κ3) is 4.66. The summed E-state index contributed by atoms with van der Waals surface area (Å²) in [5, 5.41) is 5.30. The molecule has 1 aliphatic rings. The molecule has 1 aliphatic carbocycles. The number of hydrogen-bond donors (Lipinski definition) is 1. The Morgan fingerprint density at radius 3 is 2.49 bits per heavy atom. The van der Waals surface area contributed by atoms with Gasteiger partial charge in [0.25, 0.3) is 5.91 Å². The maximum atomic E-state index is 13.1. The summed E-state index contributed by atoms with van der Waals surface area (Å²) in [7, 11) is 0. The Balaban J connectivity index is 1.32. The molecule has 0 atom stereocenters. The second kappa shape index (κ2) is 8.84. The average Bonchev–Trinajstić information content (AvgIpc) is 2.86. The summed E-state index contributed by atoms with van der Waals surface area (Å²) in [6.45, 7) is 9.57. The predicted octanol–water partition coefficient (Wildman–Crippen LogP) is 7.42. The summed E-state index contributed by atoms with van der Waals surface area (Å²) in [6.07, 6.45) is 5.99. The van der Waals surface area contributed by atoms with Crippen LogP contribution >= 0.6 is 0 Å². The van der Waals surface area contributed by atoms with Gasteiger partial charge in [0.1, 0.15) is 12.4 Å². The first-order chi connectivity index (χ1) is 16.7. The summed E-state index contributed by atoms with van der Waals surface area (Å²) in [4.78, 5) is 17.4. The number of rotatable bonds is 5. The van der Waals surface area contributed by atoms with E-state index in [1.807, 2.05) is 54.9 Å². The number of fused-ring (bicyclic) bond motifs is 2. The standard InChI is InChI=1S/C31H32N2O2/c1-30(2)14-15-31(3,4)28-17-24(12-13-27(28)30)33-29(34)21-9-7-10-25(16-21)35-20-23-19-32-18-22-8-5-6-11-26(22)23/h5-13,16-19H,14-15,20H2,1-4H3,(H,33,34). The zero-order chi connectivity index (χ0) is 24.6. The van der Waals surface area contributed by atoms with E-state index in [4.69, 9.17) is 4.74 Å². The van der Waals surface area contributed by atoms with Crippen molar-refractivity contribution in [2.75, 3.05) is 5.32 Å². The molecule has 4 aromatic rings. The third-order valence-electron chi connectivity index (χ3n) is 7.35. The van der Waals surface area contributed by atoms with Gasteiger partial charge in [0.2, 0.25) is 0 Å². The summed E-state index contributed by atoms with van der Waals surface area (Å²) in [6, 6.07) is 21.8. The van der Waals surface area contributed by atoms with E-state index < -0.39 is 0 Å². The van der Waals surface area contributed by atoms with Crippen molar-refractivity contribution < 1.29 is 9.53 Å². The lowest BCUT2D eigenvalue weighted by molar-refractivity contribution is 0.102. The van der Waals surface area contributed by atoms with E-state index in [1.165, 1.54) is 17.5 Å². The molecule has 35 heavy (non-hydrogen) atoms. The Bertz CT molecular complexity index is 1400. The summed E-state index contributed by atoms with van der Waals surface area (Å²) >= 11 is 0. The quantitative estimate of drug-likeness (QED) is 0.334. The molecule has 0 spiro atoms. The van der Waals surface area contributed by atoms with Crippen LogP contribution in [0, 0.1) is 0 Å². The van der Waals surface area contributed by atoms with Gasteiger partial charge in [-0.15, -0.1) is 0 Å². The molecular formula is C31H32N2O2. The molecule has 5 rings (SSSR count). The highest BCUT2D eigenvalue weighted by atomic mass is 16.5. The minimum Gasteiger partial charge on any atom is -0.489 e. The lowest BCUT2D eigenvalue weighted by Gasteiger charge is -2.42. The van der Waals surface area contributed by atoms with Crippen molar-refractivity contribution in [2.24, 2.45) is 0 Å². The lowest BCUT2D eigenvalue weighted by Crippen LogP contribution is -2.33. The van der Waals surface area contributed by atoms with Gasteiger partial charge in [-0.3, -0.25) is 9.78 Å². The van der Waals surface area contributed by atoms with Crippen LogP contribution in [0.25, 0.3) is 10.8 Å². The van der Waals surface area contributed by atoms with E-state index in [-0.39, 0.29) is 16.7 Å². The van der Waals surface area contributed by atoms with Gasteiger partial charge in [0.15, 0.2) is 0 Å². The maximum Gasteiger partial charge on any atom is 0.255 e. The lowest BCUT2D eigenvalue weighted by atomic mass is 9.63. The van der Waals surface area contributed by atoms with Crippen molar-refractivity contribution in [1.82, 2.24) is 4.98 Å². The van der Waals surface area contributed by atoms with Crippen LogP contribution in [0.5, 0.6) is 5.75 Å². The first-order valence-corrected chi connectivity index (χ1v) is 12.2. The van der Waals surface area contributed by atoms with Gasteiger partial charge in [0.05, 0.1) is 0 Å². The molecule has 1 amide bonds. The largest absolute Gasteiger partial charge is 0.489 e. The molecule has 0 aliphatic heterocycles. The maximum absolute atomic E-state index is 13.1. The Labute approximate surface area is 207 Å². The number of benzene rings is 3. The van der Waals surface area contributed by atoms with Crippen molar-refractivity contribution in [3.8, 4) is 5.75 Å². The van der Waals surface area contributed by atoms with Gasteiger partial charge in [-0.05, 0) is 70.5 Å². The predicted molar refractivity (Wildman–Crippen MR) is 142 cm³/mol. The summed E-state index contributed by atoms with van der Waals surface area (Å²) in [5.41, 5.74) is 5.35. The van der Waals surface area contributed by atoms with E-state index in [0.29, 0.717) is 17.9 Å². The number of anilines is 1. The molecule has 4 heteroatoms. The second-order valence-corrected chi connectivity index (χ2v) is 10.8. The van der Waals surface area contributed by atoms with Crippen LogP contribution in [0.2, 0.25) is 0 Å². The van der Waals surface area contributed by atoms with Crippen LogP contribution in [0.1, 0.15) is 67.6 Å². The first kappa shape index (κ1) is 23.1. The highest BCUT2D eigenvalue weighted by Gasteiger charge is 2.37. The van der Waals surface area contributed by atoms with Crippen LogP contribution < -0.4 is 10.1 Å². The number of carbonyl (C=O) groups is 1. The molecule has 4 nitrogen and oxygen atoms in total. The third-order valence-corrected chi connectivity index (χ3v) is 7.35. The molecule has 1 N–H and O–H groups in total. The molecule has 0 saturated heterocycles. The molecule has 3 aromatic carbocycles. The Hall–Kier alpha value is -3.66. The molecule has 0 fully saturated rings. The second-order valence-electron chi connectivity index (χ2n) is 10.8. The molecule has 0 bridgehead atoms. The van der Waals surface area contributed by atoms with E-state index >= 15 is 0 Å². The highest BCUT2D eigenvalue weighted by Crippen LogP contribution is 2.46. The van der Waals surface area contributed by atoms with Gasteiger partial charge in [0, 0.05) is 34.6 Å². The first-order valence-electron chi connectivity index (χ1n) is 12.2. The average molecular weight is 465 g/mol. The zero-order valence-corrected chi connectivity index (χ0v) is 20.9. The van der Waals surface area contributed by atoms with Crippen molar-refractivity contribution in [1.29, 1.82) is 0 Å². The topological polar surface area (TPSA) is 51.2 Å². The van der Waals surface area contributed by atoms with Crippen molar-refractivity contribution in [2.45, 2.75) is 58.0 Å². The number of nitrogens with zero attached hydrogens (tertiary/aromatic N) is 1. The number of hydrogen-bond acceptors (Lipinski definition) is 3. The molecule has 0 saturated carbocycles. The number of amides is 1. The Kier molecular flexibility index (Phi) is 5.84. The fourth-order valence-corrected chi connectivity index (χ4v) is 5.05. The minimum atomic E-state index is -0.143.